The Hall–Kier alpha value is -5.26. The molecule has 1 aliphatic heterocycles. The summed E-state index contributed by atoms with van der Waals surface area (Å²) in [6, 6.07) is 19.9. The van der Waals surface area contributed by atoms with Crippen LogP contribution < -0.4 is 18.9 Å². The molecule has 0 unspecified atom stereocenters. The van der Waals surface area contributed by atoms with Crippen LogP contribution in [0.5, 0.6) is 0 Å². The van der Waals surface area contributed by atoms with Gasteiger partial charge in [0.1, 0.15) is 61.7 Å². The Morgan fingerprint density at radius 3 is 1.55 bits per heavy atom. The quantitative estimate of drug-likeness (QED) is 0.0929. The first-order valence-electron chi connectivity index (χ1n) is 23.2. The molecule has 358 valence electrons. The molecule has 1 N–H and O–H groups in total. The van der Waals surface area contributed by atoms with E-state index in [0.29, 0.717) is 60.5 Å². The van der Waals surface area contributed by atoms with Gasteiger partial charge in [0.05, 0.1) is 27.8 Å². The van der Waals surface area contributed by atoms with Crippen LogP contribution in [0.1, 0.15) is 122 Å². The summed E-state index contributed by atoms with van der Waals surface area (Å²) < 4.78 is 13.5. The van der Waals surface area contributed by atoms with Crippen LogP contribution in [-0.2, 0) is 29.2 Å². The topological polar surface area (TPSA) is 195 Å². The number of hydrogen-bond donors (Lipinski definition) is 1. The zero-order chi connectivity index (χ0) is 48.7. The third kappa shape index (κ3) is 12.7. The number of para-hydroxylation sites is 4. The van der Waals surface area contributed by atoms with Crippen molar-refractivity contribution >= 4 is 50.4 Å². The van der Waals surface area contributed by atoms with Crippen LogP contribution in [0.4, 0.5) is 0 Å². The predicted molar refractivity (Wildman–Crippen MR) is 270 cm³/mol. The van der Waals surface area contributed by atoms with Gasteiger partial charge in [0.2, 0.25) is 0 Å². The third-order valence-electron chi connectivity index (χ3n) is 11.9. The maximum atomic E-state index is 11.3. The molecule has 0 spiro atoms. The Bertz CT molecular complexity index is 2970. The van der Waals surface area contributed by atoms with Crippen molar-refractivity contribution in [1.29, 1.82) is 0 Å². The molecular formula is C50H62ILiN14O3. The summed E-state index contributed by atoms with van der Waals surface area (Å²) in [7, 11) is 4.05. The van der Waals surface area contributed by atoms with Gasteiger partial charge in [-0.2, -0.15) is 15.8 Å². The normalized spacial score (nSPS) is 17.2. The Kier molecular flexibility index (Phi) is 18.1. The molecular weight excluding hydrogens is 978 g/mol. The fourth-order valence-electron chi connectivity index (χ4n) is 8.39. The van der Waals surface area contributed by atoms with Crippen molar-refractivity contribution in [3.8, 4) is 11.6 Å². The number of aromatic nitrogens is 14. The van der Waals surface area contributed by atoms with Crippen molar-refractivity contribution < 1.29 is 33.5 Å². The van der Waals surface area contributed by atoms with Crippen LogP contribution in [0.2, 0.25) is 0 Å². The van der Waals surface area contributed by atoms with Crippen LogP contribution in [0.25, 0.3) is 33.7 Å². The molecule has 7 heterocycles. The van der Waals surface area contributed by atoms with Crippen molar-refractivity contribution in [1.82, 2.24) is 68.6 Å². The summed E-state index contributed by atoms with van der Waals surface area (Å²) in [5, 5.41) is 20.0. The second-order valence-corrected chi connectivity index (χ2v) is 18.6. The van der Waals surface area contributed by atoms with Crippen LogP contribution in [0.15, 0.2) is 60.7 Å². The first kappa shape index (κ1) is 53.1. The molecule has 2 aliphatic carbocycles. The number of Topliss-reactive ketones (excluding diaryl/α,β-unsaturated/α-hetero) is 1. The fourth-order valence-corrected chi connectivity index (χ4v) is 9.02. The molecule has 19 heteroatoms. The number of ether oxygens (including phenoxy) is 1. The van der Waals surface area contributed by atoms with E-state index in [0.717, 1.165) is 86.2 Å². The van der Waals surface area contributed by atoms with Gasteiger partial charge in [0.25, 0.3) is 0 Å². The first-order chi connectivity index (χ1) is 32.6. The van der Waals surface area contributed by atoms with Crippen molar-refractivity contribution in [3.05, 3.63) is 124 Å². The van der Waals surface area contributed by atoms with E-state index < -0.39 is 5.60 Å². The number of halogens is 1. The van der Waals surface area contributed by atoms with Gasteiger partial charge in [-0.1, -0.05) is 37.6 Å². The molecule has 0 atom stereocenters. The van der Waals surface area contributed by atoms with Gasteiger partial charge < -0.3 is 25.9 Å². The van der Waals surface area contributed by atoms with Gasteiger partial charge in [-0.25, -0.2) is 39.9 Å². The minimum atomic E-state index is -0.991. The fraction of sp³-hybridized carbons (Fsp3) is 0.440. The predicted octanol–water partition coefficient (Wildman–Crippen LogP) is 5.66. The monoisotopic (exact) mass is 1040 g/mol. The average Bonchev–Trinajstić information content (AvgIpc) is 4.15. The Morgan fingerprint density at radius 1 is 0.681 bits per heavy atom. The number of imidazole rings is 2. The standard InChI is InChI=1S/C21H23N7O.C12H12N2O.C9H10IN5.C4H8O.C4H9.Li/c1-12-23-18(9-19(24-12)28-14(3)22-13(2)26-28)21(29)10-15(11-21)20-25-16-7-5-6-8-17(16)27(20)4;1-14-11-5-3-2-4-10(11)13-12(14)8-6-9(15)7-8;1-5-12-8(10)4-9(13-5)15-7(3)11-6(2)14-15;1-2-4-5-3-1;1-3-4-2;/h5-9,15,29H,10-11H2,1-4H3;2-5,8H,6-7H2,1H3;4H,1-3H3;1-4H2;1,3-4H2,2H3;/q;;;;-1;+1. The second-order valence-electron chi connectivity index (χ2n) is 17.5. The smallest absolute Gasteiger partial charge is 0.384 e. The van der Waals surface area contributed by atoms with Gasteiger partial charge >= 0.3 is 18.9 Å². The number of ketones is 1. The average molecular weight is 1040 g/mol. The molecule has 0 amide bonds. The van der Waals surface area contributed by atoms with Crippen LogP contribution in [0, 0.1) is 52.2 Å². The van der Waals surface area contributed by atoms with Gasteiger partial charge in [0.15, 0.2) is 11.6 Å². The molecule has 8 aromatic rings. The SMILES string of the molecule is C1CCOC1.Cc1nc(-n2nc(C)nc2C)cc(C2(O)CC(c3nc4ccccc4n3C)C2)n1.Cc1nc(I)cc(-n2nc(C)nc2C)n1.Cn1c(C2CC(=O)C2)nc2ccccc21.[CH2-]CCC.[Li+]. The zero-order valence-corrected chi connectivity index (χ0v) is 43.8. The van der Waals surface area contributed by atoms with Crippen molar-refractivity contribution in [3.63, 3.8) is 0 Å². The molecule has 6 aromatic heterocycles. The van der Waals surface area contributed by atoms with Crippen molar-refractivity contribution in [2.45, 2.75) is 117 Å². The maximum Gasteiger partial charge on any atom is 1.00 e. The summed E-state index contributed by atoms with van der Waals surface area (Å²) in [6.45, 7) is 18.9. The van der Waals surface area contributed by atoms with E-state index in [1.165, 1.54) is 19.3 Å². The summed E-state index contributed by atoms with van der Waals surface area (Å²) in [6.07, 6.45) is 7.32. The van der Waals surface area contributed by atoms with Crippen LogP contribution in [0.3, 0.4) is 0 Å². The molecule has 11 rings (SSSR count). The molecule has 1 saturated heterocycles. The molecule has 17 nitrogen and oxygen atoms in total. The molecule has 0 bridgehead atoms. The number of benzene rings is 2. The van der Waals surface area contributed by atoms with E-state index in [9.17, 15) is 9.90 Å². The van der Waals surface area contributed by atoms with E-state index in [4.69, 9.17) is 9.72 Å². The molecule has 3 aliphatic rings. The van der Waals surface area contributed by atoms with Crippen molar-refractivity contribution in [2.24, 2.45) is 14.1 Å². The largest absolute Gasteiger partial charge is 1.00 e. The van der Waals surface area contributed by atoms with Gasteiger partial charge in [-0.05, 0) is 114 Å². The van der Waals surface area contributed by atoms with E-state index in [1.807, 2.05) is 104 Å². The number of rotatable bonds is 6. The van der Waals surface area contributed by atoms with Gasteiger partial charge in [-0.3, -0.25) is 4.79 Å². The number of aliphatic hydroxyl groups is 1. The number of carbonyl (C=O) groups is 1. The van der Waals surface area contributed by atoms with Gasteiger partial charge in [0, 0.05) is 64.1 Å². The number of unbranched alkanes of at least 4 members (excludes halogenated alkanes) is 1. The van der Waals surface area contributed by atoms with Gasteiger partial charge in [-0.15, -0.1) is 10.2 Å². The van der Waals surface area contributed by atoms with E-state index >= 15 is 0 Å². The molecule has 3 fully saturated rings. The molecule has 0 radical (unpaired) electrons. The summed E-state index contributed by atoms with van der Waals surface area (Å²) in [4.78, 5) is 46.5. The second kappa shape index (κ2) is 23.6. The minimum Gasteiger partial charge on any atom is -0.384 e. The van der Waals surface area contributed by atoms with E-state index in [1.54, 1.807) is 9.36 Å². The zero-order valence-electron chi connectivity index (χ0n) is 41.6. The minimum absolute atomic E-state index is 0. The summed E-state index contributed by atoms with van der Waals surface area (Å²) in [5.74, 6) is 8.70. The Morgan fingerprint density at radius 2 is 1.14 bits per heavy atom. The van der Waals surface area contributed by atoms with Crippen LogP contribution in [-0.4, -0.2) is 92.7 Å². The Balaban J connectivity index is 0.000000165. The summed E-state index contributed by atoms with van der Waals surface area (Å²) >= 11 is 2.16. The first-order valence-corrected chi connectivity index (χ1v) is 24.3. The summed E-state index contributed by atoms with van der Waals surface area (Å²) in [5.41, 5.74) is 3.89. The number of fused-ring (bicyclic) bond motifs is 2. The number of carbonyl (C=O) groups excluding carboxylic acids is 1. The molecule has 69 heavy (non-hydrogen) atoms. The maximum absolute atomic E-state index is 11.3. The van der Waals surface area contributed by atoms with Crippen molar-refractivity contribution in [2.75, 3.05) is 13.2 Å². The van der Waals surface area contributed by atoms with Crippen LogP contribution >= 0.6 is 22.6 Å². The van der Waals surface area contributed by atoms with E-state index in [2.05, 4.69) is 103 Å². The number of aryl methyl sites for hydroxylation is 8. The number of hydrogen-bond acceptors (Lipinski definition) is 13. The third-order valence-corrected chi connectivity index (χ3v) is 12.5. The van der Waals surface area contributed by atoms with E-state index in [-0.39, 0.29) is 24.8 Å². The number of nitrogens with zero attached hydrogens (tertiary/aromatic N) is 14. The molecule has 2 saturated carbocycles. The molecule has 2 aromatic carbocycles. The Labute approximate surface area is 429 Å².